The summed E-state index contributed by atoms with van der Waals surface area (Å²) in [6.45, 7) is 10.1. The monoisotopic (exact) mass is 406 g/mol. The number of piperazine rings is 1. The number of fused-ring (bicyclic) bond motifs is 1. The second-order valence-electron chi connectivity index (χ2n) is 8.06. The van der Waals surface area contributed by atoms with Crippen molar-refractivity contribution in [2.45, 2.75) is 26.4 Å². The Balaban J connectivity index is 1.49. The third kappa shape index (κ3) is 4.40. The summed E-state index contributed by atoms with van der Waals surface area (Å²) in [6, 6.07) is 13.0. The highest BCUT2D eigenvalue weighted by atomic mass is 16.5. The molecule has 1 aliphatic heterocycles. The molecule has 1 aliphatic rings. The minimum Gasteiger partial charge on any atom is -0.497 e. The lowest BCUT2D eigenvalue weighted by molar-refractivity contribution is 0.104. The molecule has 6 nitrogen and oxygen atoms in total. The summed E-state index contributed by atoms with van der Waals surface area (Å²) in [6.07, 6.45) is 1.82. The zero-order chi connectivity index (χ0) is 21.1. The van der Waals surface area contributed by atoms with Crippen molar-refractivity contribution in [3.05, 3.63) is 48.2 Å². The van der Waals surface area contributed by atoms with E-state index >= 15 is 0 Å². The second-order valence-corrected chi connectivity index (χ2v) is 8.06. The minimum atomic E-state index is 0.633. The number of methoxy groups -OCH3 is 2. The van der Waals surface area contributed by atoms with E-state index in [2.05, 4.69) is 52.9 Å². The molecule has 0 aliphatic carbocycles. The van der Waals surface area contributed by atoms with Crippen molar-refractivity contribution in [3.8, 4) is 22.9 Å². The zero-order valence-electron chi connectivity index (χ0n) is 18.3. The maximum atomic E-state index is 5.46. The van der Waals surface area contributed by atoms with Crippen LogP contribution in [0.3, 0.4) is 0 Å². The Hall–Kier alpha value is -2.70. The molecule has 1 saturated heterocycles. The highest BCUT2D eigenvalue weighted by Gasteiger charge is 2.18. The fourth-order valence-corrected chi connectivity index (χ4v) is 3.96. The van der Waals surface area contributed by atoms with Gasteiger partial charge in [-0.05, 0) is 19.4 Å². The standard InChI is InChI=1S/C24H30N4O2/c1-17(2)28-11-9-27(10-12-28)16-18-5-7-19(8-6-18)24-25-15-21-22(26-24)13-20(29-3)14-23(21)30-4/h5-8,13-15,17H,9-12,16H2,1-4H3. The van der Waals surface area contributed by atoms with Gasteiger partial charge >= 0.3 is 0 Å². The van der Waals surface area contributed by atoms with Crippen LogP contribution in [0.2, 0.25) is 0 Å². The summed E-state index contributed by atoms with van der Waals surface area (Å²) in [5.74, 6) is 2.13. The Labute approximate surface area is 178 Å². The van der Waals surface area contributed by atoms with Crippen molar-refractivity contribution in [1.82, 2.24) is 19.8 Å². The van der Waals surface area contributed by atoms with Crippen LogP contribution in [0.25, 0.3) is 22.3 Å². The maximum Gasteiger partial charge on any atom is 0.159 e. The van der Waals surface area contributed by atoms with Crippen molar-refractivity contribution < 1.29 is 9.47 Å². The van der Waals surface area contributed by atoms with Gasteiger partial charge in [0.15, 0.2) is 5.82 Å². The number of nitrogens with zero attached hydrogens (tertiary/aromatic N) is 4. The molecular formula is C24H30N4O2. The predicted octanol–water partition coefficient (Wildman–Crippen LogP) is 3.84. The number of hydrogen-bond donors (Lipinski definition) is 0. The normalized spacial score (nSPS) is 15.6. The second kappa shape index (κ2) is 8.98. The van der Waals surface area contributed by atoms with E-state index in [0.717, 1.165) is 54.9 Å². The molecule has 158 valence electrons. The Morgan fingerprint density at radius 1 is 0.967 bits per heavy atom. The van der Waals surface area contributed by atoms with Gasteiger partial charge in [0.25, 0.3) is 0 Å². The molecule has 0 saturated carbocycles. The fraction of sp³-hybridized carbons (Fsp3) is 0.417. The molecule has 6 heteroatoms. The lowest BCUT2D eigenvalue weighted by Gasteiger charge is -2.36. The van der Waals surface area contributed by atoms with Crippen molar-refractivity contribution >= 4 is 10.9 Å². The molecule has 0 atom stereocenters. The van der Waals surface area contributed by atoms with E-state index in [9.17, 15) is 0 Å². The van der Waals surface area contributed by atoms with E-state index in [4.69, 9.17) is 14.5 Å². The first-order valence-electron chi connectivity index (χ1n) is 10.5. The van der Waals surface area contributed by atoms with Crippen molar-refractivity contribution in [1.29, 1.82) is 0 Å². The molecule has 2 aromatic carbocycles. The molecule has 0 bridgehead atoms. The first-order chi connectivity index (χ1) is 14.6. The van der Waals surface area contributed by atoms with Crippen LogP contribution in [-0.4, -0.2) is 66.2 Å². The average Bonchev–Trinajstić information content (AvgIpc) is 2.78. The van der Waals surface area contributed by atoms with Crippen LogP contribution in [-0.2, 0) is 6.54 Å². The summed E-state index contributed by atoms with van der Waals surface area (Å²) in [7, 11) is 3.29. The molecule has 0 radical (unpaired) electrons. The highest BCUT2D eigenvalue weighted by molar-refractivity contribution is 5.87. The van der Waals surface area contributed by atoms with Gasteiger partial charge in [-0.1, -0.05) is 24.3 Å². The van der Waals surface area contributed by atoms with E-state index in [1.807, 2.05) is 18.3 Å². The van der Waals surface area contributed by atoms with Gasteiger partial charge in [-0.3, -0.25) is 9.80 Å². The van der Waals surface area contributed by atoms with Gasteiger partial charge in [-0.25, -0.2) is 9.97 Å². The van der Waals surface area contributed by atoms with Crippen molar-refractivity contribution in [2.75, 3.05) is 40.4 Å². The molecular weight excluding hydrogens is 376 g/mol. The maximum absolute atomic E-state index is 5.46. The number of ether oxygens (including phenoxy) is 2. The topological polar surface area (TPSA) is 50.7 Å². The third-order valence-electron chi connectivity index (χ3n) is 5.85. The van der Waals surface area contributed by atoms with E-state index in [-0.39, 0.29) is 0 Å². The molecule has 0 unspecified atom stereocenters. The van der Waals surface area contributed by atoms with Gasteiger partial charge in [0.2, 0.25) is 0 Å². The van der Waals surface area contributed by atoms with Crippen LogP contribution < -0.4 is 9.47 Å². The fourth-order valence-electron chi connectivity index (χ4n) is 3.96. The summed E-state index contributed by atoms with van der Waals surface area (Å²) in [4.78, 5) is 14.4. The number of rotatable bonds is 6. The van der Waals surface area contributed by atoms with Gasteiger partial charge in [0.1, 0.15) is 11.5 Å². The minimum absolute atomic E-state index is 0.633. The lowest BCUT2D eigenvalue weighted by Crippen LogP contribution is -2.48. The molecule has 30 heavy (non-hydrogen) atoms. The Bertz CT molecular complexity index is 996. The van der Waals surface area contributed by atoms with Crippen molar-refractivity contribution in [3.63, 3.8) is 0 Å². The predicted molar refractivity (Wildman–Crippen MR) is 120 cm³/mol. The number of benzene rings is 2. The van der Waals surface area contributed by atoms with Crippen LogP contribution >= 0.6 is 0 Å². The highest BCUT2D eigenvalue weighted by Crippen LogP contribution is 2.31. The van der Waals surface area contributed by atoms with E-state index in [0.29, 0.717) is 17.6 Å². The van der Waals surface area contributed by atoms with Gasteiger partial charge in [0, 0.05) is 62.7 Å². The van der Waals surface area contributed by atoms with Crippen LogP contribution in [0, 0.1) is 0 Å². The van der Waals surface area contributed by atoms with Crippen LogP contribution in [0.4, 0.5) is 0 Å². The lowest BCUT2D eigenvalue weighted by atomic mass is 10.1. The Morgan fingerprint density at radius 3 is 2.33 bits per heavy atom. The first-order valence-corrected chi connectivity index (χ1v) is 10.5. The number of aromatic nitrogens is 2. The molecule has 3 aromatic rings. The molecule has 4 rings (SSSR count). The smallest absolute Gasteiger partial charge is 0.159 e. The van der Waals surface area contributed by atoms with Crippen LogP contribution in [0.5, 0.6) is 11.5 Å². The molecule has 0 amide bonds. The molecule has 0 N–H and O–H groups in total. The first kappa shape index (κ1) is 20.6. The molecule has 0 spiro atoms. The zero-order valence-corrected chi connectivity index (χ0v) is 18.3. The van der Waals surface area contributed by atoms with Gasteiger partial charge in [0.05, 0.1) is 25.1 Å². The molecule has 1 aromatic heterocycles. The Kier molecular flexibility index (Phi) is 6.16. The van der Waals surface area contributed by atoms with Gasteiger partial charge in [-0.15, -0.1) is 0 Å². The van der Waals surface area contributed by atoms with Gasteiger partial charge < -0.3 is 9.47 Å². The summed E-state index contributed by atoms with van der Waals surface area (Å²) < 4.78 is 10.8. The van der Waals surface area contributed by atoms with E-state index in [1.165, 1.54) is 5.56 Å². The molecule has 1 fully saturated rings. The average molecular weight is 407 g/mol. The quantitative estimate of drug-likeness (QED) is 0.620. The molecule has 2 heterocycles. The Morgan fingerprint density at radius 2 is 1.70 bits per heavy atom. The SMILES string of the molecule is COc1cc(OC)c2cnc(-c3ccc(CN4CCN(C(C)C)CC4)cc3)nc2c1. The summed E-state index contributed by atoms with van der Waals surface area (Å²) in [5.41, 5.74) is 3.14. The van der Waals surface area contributed by atoms with Gasteiger partial charge in [-0.2, -0.15) is 0 Å². The van der Waals surface area contributed by atoms with E-state index in [1.54, 1.807) is 14.2 Å². The summed E-state index contributed by atoms with van der Waals surface area (Å²) in [5, 5.41) is 0.874. The van der Waals surface area contributed by atoms with E-state index < -0.39 is 0 Å². The van der Waals surface area contributed by atoms with Crippen LogP contribution in [0.1, 0.15) is 19.4 Å². The third-order valence-corrected chi connectivity index (χ3v) is 5.85. The van der Waals surface area contributed by atoms with Crippen molar-refractivity contribution in [2.24, 2.45) is 0 Å². The largest absolute Gasteiger partial charge is 0.497 e. The number of hydrogen-bond acceptors (Lipinski definition) is 6. The summed E-state index contributed by atoms with van der Waals surface area (Å²) >= 11 is 0. The van der Waals surface area contributed by atoms with Crippen LogP contribution in [0.15, 0.2) is 42.6 Å².